The predicted molar refractivity (Wildman–Crippen MR) is 135 cm³/mol. The van der Waals surface area contributed by atoms with E-state index in [9.17, 15) is 13.2 Å². The lowest BCUT2D eigenvalue weighted by molar-refractivity contribution is 0.102. The minimum absolute atomic E-state index is 0.0250. The Labute approximate surface area is 201 Å². The first-order valence-corrected chi connectivity index (χ1v) is 12.9. The second-order valence-electron chi connectivity index (χ2n) is 7.98. The standard InChI is InChI=1S/C26H30N2O5S/c1-5-32-25-13-9-7-11-23(25)28(34(4,30)31)18-20-14-16-21(17-15-20)26(29)27-22-10-6-8-12-24(22)33-19(2)3/h6-17,19H,5,18H2,1-4H3,(H,27,29). The van der Waals surface area contributed by atoms with Crippen LogP contribution in [0, 0.1) is 0 Å². The zero-order valence-electron chi connectivity index (χ0n) is 19.8. The molecule has 3 aromatic rings. The van der Waals surface area contributed by atoms with E-state index in [1.165, 1.54) is 4.31 Å². The third-order valence-electron chi connectivity index (χ3n) is 4.87. The molecule has 8 heteroatoms. The highest BCUT2D eigenvalue weighted by Crippen LogP contribution is 2.31. The first kappa shape index (κ1) is 25.1. The van der Waals surface area contributed by atoms with Crippen molar-refractivity contribution in [3.8, 4) is 11.5 Å². The summed E-state index contributed by atoms with van der Waals surface area (Å²) < 4.78 is 37.8. The van der Waals surface area contributed by atoms with Crippen LogP contribution in [0.1, 0.15) is 36.7 Å². The average molecular weight is 483 g/mol. The summed E-state index contributed by atoms with van der Waals surface area (Å²) in [6, 6.07) is 21.1. The van der Waals surface area contributed by atoms with Crippen molar-refractivity contribution in [3.63, 3.8) is 0 Å². The monoisotopic (exact) mass is 482 g/mol. The Bertz CT molecular complexity index is 1220. The van der Waals surface area contributed by atoms with Gasteiger partial charge in [0.05, 0.1) is 36.9 Å². The van der Waals surface area contributed by atoms with Crippen molar-refractivity contribution < 1.29 is 22.7 Å². The summed E-state index contributed by atoms with van der Waals surface area (Å²) in [6.07, 6.45) is 1.14. The summed E-state index contributed by atoms with van der Waals surface area (Å²) in [4.78, 5) is 12.8. The zero-order chi connectivity index (χ0) is 24.7. The van der Waals surface area contributed by atoms with Gasteiger partial charge in [0.15, 0.2) is 0 Å². The Hall–Kier alpha value is -3.52. The molecule has 1 amide bonds. The summed E-state index contributed by atoms with van der Waals surface area (Å²) >= 11 is 0. The van der Waals surface area contributed by atoms with Gasteiger partial charge in [-0.25, -0.2) is 8.42 Å². The number of carbonyl (C=O) groups excluding carboxylic acids is 1. The molecular weight excluding hydrogens is 452 g/mol. The van der Waals surface area contributed by atoms with Gasteiger partial charge in [0.2, 0.25) is 10.0 Å². The summed E-state index contributed by atoms with van der Waals surface area (Å²) in [5.41, 5.74) is 2.23. The number of anilines is 2. The van der Waals surface area contributed by atoms with Crippen LogP contribution < -0.4 is 19.1 Å². The quantitative estimate of drug-likeness (QED) is 0.435. The molecule has 0 bridgehead atoms. The third-order valence-corrected chi connectivity index (χ3v) is 6.00. The largest absolute Gasteiger partial charge is 0.492 e. The van der Waals surface area contributed by atoms with Crippen molar-refractivity contribution in [2.45, 2.75) is 33.4 Å². The molecule has 3 rings (SSSR count). The minimum Gasteiger partial charge on any atom is -0.492 e. The molecule has 0 saturated heterocycles. The molecule has 0 unspecified atom stereocenters. The number of ether oxygens (including phenoxy) is 2. The molecule has 0 aliphatic heterocycles. The van der Waals surface area contributed by atoms with Crippen LogP contribution in [0.5, 0.6) is 11.5 Å². The molecule has 180 valence electrons. The number of nitrogens with zero attached hydrogens (tertiary/aromatic N) is 1. The molecule has 0 aliphatic carbocycles. The van der Waals surface area contributed by atoms with E-state index in [1.807, 2.05) is 32.9 Å². The van der Waals surface area contributed by atoms with Gasteiger partial charge in [0.1, 0.15) is 11.5 Å². The van der Waals surface area contributed by atoms with Crippen LogP contribution in [-0.4, -0.2) is 33.3 Å². The number of benzene rings is 3. The maximum atomic E-state index is 12.8. The molecule has 0 aromatic heterocycles. The summed E-state index contributed by atoms with van der Waals surface area (Å²) in [5.74, 6) is 0.806. The second kappa shape index (κ2) is 11.1. The number of amides is 1. The number of hydrogen-bond donors (Lipinski definition) is 1. The van der Waals surface area contributed by atoms with E-state index in [-0.39, 0.29) is 18.6 Å². The minimum atomic E-state index is -3.58. The lowest BCUT2D eigenvalue weighted by Crippen LogP contribution is -2.29. The highest BCUT2D eigenvalue weighted by atomic mass is 32.2. The van der Waals surface area contributed by atoms with E-state index in [0.717, 1.165) is 11.8 Å². The Morgan fingerprint density at radius 2 is 1.56 bits per heavy atom. The van der Waals surface area contributed by atoms with Crippen LogP contribution in [0.4, 0.5) is 11.4 Å². The molecule has 3 aromatic carbocycles. The second-order valence-corrected chi connectivity index (χ2v) is 9.89. The molecule has 0 radical (unpaired) electrons. The Kier molecular flexibility index (Phi) is 8.17. The van der Waals surface area contributed by atoms with E-state index in [4.69, 9.17) is 9.47 Å². The number of para-hydroxylation sites is 4. The molecule has 34 heavy (non-hydrogen) atoms. The zero-order valence-corrected chi connectivity index (χ0v) is 20.6. The van der Waals surface area contributed by atoms with E-state index in [0.29, 0.717) is 35.0 Å². The maximum absolute atomic E-state index is 12.8. The first-order valence-electron chi connectivity index (χ1n) is 11.0. The predicted octanol–water partition coefficient (Wildman–Crippen LogP) is 5.09. The van der Waals surface area contributed by atoms with Crippen molar-refractivity contribution in [2.75, 3.05) is 22.5 Å². The fraction of sp³-hybridized carbons (Fsp3) is 0.269. The normalized spacial score (nSPS) is 11.2. The maximum Gasteiger partial charge on any atom is 0.255 e. The molecule has 0 heterocycles. The summed E-state index contributed by atoms with van der Waals surface area (Å²) in [7, 11) is -3.58. The molecule has 1 N–H and O–H groups in total. The van der Waals surface area contributed by atoms with Crippen molar-refractivity contribution in [1.29, 1.82) is 0 Å². The van der Waals surface area contributed by atoms with Gasteiger partial charge in [0.25, 0.3) is 5.91 Å². The number of carbonyl (C=O) groups is 1. The molecule has 7 nitrogen and oxygen atoms in total. The SMILES string of the molecule is CCOc1ccccc1N(Cc1ccc(C(=O)Nc2ccccc2OC(C)C)cc1)S(C)(=O)=O. The molecule has 0 saturated carbocycles. The number of nitrogens with one attached hydrogen (secondary N) is 1. The van der Waals surface area contributed by atoms with Gasteiger partial charge in [-0.15, -0.1) is 0 Å². The summed E-state index contributed by atoms with van der Waals surface area (Å²) in [5, 5.41) is 2.88. The fourth-order valence-corrected chi connectivity index (χ4v) is 4.26. The number of hydrogen-bond acceptors (Lipinski definition) is 5. The van der Waals surface area contributed by atoms with Crippen LogP contribution in [0.15, 0.2) is 72.8 Å². The molecule has 0 spiro atoms. The highest BCUT2D eigenvalue weighted by Gasteiger charge is 2.21. The van der Waals surface area contributed by atoms with Gasteiger partial charge >= 0.3 is 0 Å². The van der Waals surface area contributed by atoms with Crippen LogP contribution in [-0.2, 0) is 16.6 Å². The summed E-state index contributed by atoms with van der Waals surface area (Å²) in [6.45, 7) is 6.21. The van der Waals surface area contributed by atoms with E-state index in [2.05, 4.69) is 5.32 Å². The van der Waals surface area contributed by atoms with E-state index in [1.54, 1.807) is 60.7 Å². The van der Waals surface area contributed by atoms with Gasteiger partial charge in [0, 0.05) is 5.56 Å². The van der Waals surface area contributed by atoms with Crippen LogP contribution in [0.25, 0.3) is 0 Å². The average Bonchev–Trinajstić information content (AvgIpc) is 2.79. The topological polar surface area (TPSA) is 84.9 Å². The lowest BCUT2D eigenvalue weighted by Gasteiger charge is -2.24. The third kappa shape index (κ3) is 6.51. The van der Waals surface area contributed by atoms with Gasteiger partial charge in [-0.2, -0.15) is 0 Å². The molecule has 0 atom stereocenters. The van der Waals surface area contributed by atoms with Crippen LogP contribution in [0.2, 0.25) is 0 Å². The smallest absolute Gasteiger partial charge is 0.255 e. The van der Waals surface area contributed by atoms with E-state index < -0.39 is 10.0 Å². The van der Waals surface area contributed by atoms with E-state index >= 15 is 0 Å². The van der Waals surface area contributed by atoms with Gasteiger partial charge in [-0.1, -0.05) is 36.4 Å². The molecule has 0 fully saturated rings. The number of sulfonamides is 1. The van der Waals surface area contributed by atoms with Crippen molar-refractivity contribution in [2.24, 2.45) is 0 Å². The Morgan fingerprint density at radius 3 is 2.18 bits per heavy atom. The van der Waals surface area contributed by atoms with Crippen molar-refractivity contribution in [3.05, 3.63) is 83.9 Å². The van der Waals surface area contributed by atoms with Crippen LogP contribution >= 0.6 is 0 Å². The Balaban J connectivity index is 1.79. The fourth-order valence-electron chi connectivity index (χ4n) is 3.37. The highest BCUT2D eigenvalue weighted by molar-refractivity contribution is 7.92. The Morgan fingerprint density at radius 1 is 0.941 bits per heavy atom. The number of rotatable bonds is 10. The lowest BCUT2D eigenvalue weighted by atomic mass is 10.1. The van der Waals surface area contributed by atoms with Crippen molar-refractivity contribution >= 4 is 27.3 Å². The molecule has 0 aliphatic rings. The van der Waals surface area contributed by atoms with Crippen LogP contribution in [0.3, 0.4) is 0 Å². The van der Waals surface area contributed by atoms with Gasteiger partial charge < -0.3 is 14.8 Å². The van der Waals surface area contributed by atoms with Crippen molar-refractivity contribution in [1.82, 2.24) is 0 Å². The van der Waals surface area contributed by atoms with Gasteiger partial charge in [-0.05, 0) is 62.7 Å². The molecular formula is C26H30N2O5S. The first-order chi connectivity index (χ1) is 16.2. The van der Waals surface area contributed by atoms with Gasteiger partial charge in [-0.3, -0.25) is 9.10 Å².